The summed E-state index contributed by atoms with van der Waals surface area (Å²) in [6.07, 6.45) is 3.19. The molecule has 0 bridgehead atoms. The Bertz CT molecular complexity index is 467. The number of rotatable bonds is 3. The van der Waals surface area contributed by atoms with Gasteiger partial charge < -0.3 is 5.11 Å². The topological polar surface area (TPSA) is 77.2 Å². The molecule has 1 aromatic rings. The van der Waals surface area contributed by atoms with E-state index in [4.69, 9.17) is 10.4 Å². The van der Waals surface area contributed by atoms with Crippen LogP contribution in [0.2, 0.25) is 0 Å². The van der Waals surface area contributed by atoms with Gasteiger partial charge in [-0.05, 0) is 37.1 Å². The van der Waals surface area contributed by atoms with E-state index in [2.05, 4.69) is 4.98 Å². The molecule has 1 N–H and O–H groups in total. The lowest BCUT2D eigenvalue weighted by Crippen LogP contribution is -2.35. The van der Waals surface area contributed by atoms with E-state index in [1.807, 2.05) is 17.0 Å². The SMILES string of the molecule is N#Cc1cc(CN2CCCC2C(=O)O)ccn1. The van der Waals surface area contributed by atoms with Crippen molar-refractivity contribution in [3.05, 3.63) is 29.6 Å². The maximum absolute atomic E-state index is 11.0. The van der Waals surface area contributed by atoms with Crippen LogP contribution in [0.1, 0.15) is 24.1 Å². The van der Waals surface area contributed by atoms with Crippen molar-refractivity contribution in [3.8, 4) is 6.07 Å². The lowest BCUT2D eigenvalue weighted by Gasteiger charge is -2.20. The molecule has 5 heteroatoms. The van der Waals surface area contributed by atoms with Gasteiger partial charge in [-0.2, -0.15) is 5.26 Å². The molecule has 1 fully saturated rings. The van der Waals surface area contributed by atoms with Gasteiger partial charge in [-0.25, -0.2) is 4.98 Å². The molecule has 0 radical (unpaired) electrons. The molecule has 2 heterocycles. The van der Waals surface area contributed by atoms with Crippen LogP contribution in [0.15, 0.2) is 18.3 Å². The molecule has 0 aliphatic carbocycles. The third-order valence-corrected chi connectivity index (χ3v) is 2.97. The lowest BCUT2D eigenvalue weighted by molar-refractivity contribution is -0.142. The number of nitriles is 1. The zero-order chi connectivity index (χ0) is 12.3. The number of hydrogen-bond donors (Lipinski definition) is 1. The van der Waals surface area contributed by atoms with E-state index in [0.29, 0.717) is 18.7 Å². The van der Waals surface area contributed by atoms with E-state index in [0.717, 1.165) is 18.5 Å². The number of aliphatic carboxylic acids is 1. The first-order chi connectivity index (χ1) is 8.20. The zero-order valence-electron chi connectivity index (χ0n) is 9.33. The first kappa shape index (κ1) is 11.6. The third kappa shape index (κ3) is 2.60. The molecule has 1 unspecified atom stereocenters. The fourth-order valence-corrected chi connectivity index (χ4v) is 2.16. The Labute approximate surface area is 99.3 Å². The fraction of sp³-hybridized carbons (Fsp3) is 0.417. The van der Waals surface area contributed by atoms with Crippen LogP contribution >= 0.6 is 0 Å². The first-order valence-electron chi connectivity index (χ1n) is 5.52. The zero-order valence-corrected chi connectivity index (χ0v) is 9.33. The molecule has 17 heavy (non-hydrogen) atoms. The maximum atomic E-state index is 11.0. The summed E-state index contributed by atoms with van der Waals surface area (Å²) in [6.45, 7) is 1.36. The normalized spacial score (nSPS) is 20.1. The van der Waals surface area contributed by atoms with Crippen LogP contribution in [-0.4, -0.2) is 33.5 Å². The molecule has 0 spiro atoms. The van der Waals surface area contributed by atoms with Crippen LogP contribution in [0, 0.1) is 11.3 Å². The van der Waals surface area contributed by atoms with Crippen LogP contribution < -0.4 is 0 Å². The van der Waals surface area contributed by atoms with Crippen molar-refractivity contribution in [2.75, 3.05) is 6.54 Å². The van der Waals surface area contributed by atoms with Crippen LogP contribution in [-0.2, 0) is 11.3 Å². The summed E-state index contributed by atoms with van der Waals surface area (Å²) in [5.74, 6) is -0.767. The highest BCUT2D eigenvalue weighted by molar-refractivity contribution is 5.73. The van der Waals surface area contributed by atoms with Crippen molar-refractivity contribution >= 4 is 5.97 Å². The van der Waals surface area contributed by atoms with E-state index >= 15 is 0 Å². The average molecular weight is 231 g/mol. The Kier molecular flexibility index (Phi) is 3.35. The number of nitrogens with zero attached hydrogens (tertiary/aromatic N) is 3. The van der Waals surface area contributed by atoms with Gasteiger partial charge in [0, 0.05) is 12.7 Å². The maximum Gasteiger partial charge on any atom is 0.320 e. The second-order valence-corrected chi connectivity index (χ2v) is 4.13. The first-order valence-corrected chi connectivity index (χ1v) is 5.52. The molecule has 2 rings (SSSR count). The number of aromatic nitrogens is 1. The summed E-state index contributed by atoms with van der Waals surface area (Å²) >= 11 is 0. The smallest absolute Gasteiger partial charge is 0.320 e. The molecule has 5 nitrogen and oxygen atoms in total. The van der Waals surface area contributed by atoms with Gasteiger partial charge in [0.15, 0.2) is 0 Å². The van der Waals surface area contributed by atoms with Crippen LogP contribution in [0.4, 0.5) is 0 Å². The summed E-state index contributed by atoms with van der Waals surface area (Å²) < 4.78 is 0. The predicted octanol–water partition coefficient (Wildman–Crippen LogP) is 1.00. The fourth-order valence-electron chi connectivity index (χ4n) is 2.16. The Morgan fingerprint density at radius 3 is 3.24 bits per heavy atom. The van der Waals surface area contributed by atoms with Crippen molar-refractivity contribution in [2.24, 2.45) is 0 Å². The van der Waals surface area contributed by atoms with Gasteiger partial charge in [-0.1, -0.05) is 0 Å². The van der Waals surface area contributed by atoms with Crippen molar-refractivity contribution in [3.63, 3.8) is 0 Å². The summed E-state index contributed by atoms with van der Waals surface area (Å²) in [4.78, 5) is 16.8. The van der Waals surface area contributed by atoms with Gasteiger partial charge in [-0.15, -0.1) is 0 Å². The second kappa shape index (κ2) is 4.93. The molecular formula is C12H13N3O2. The minimum Gasteiger partial charge on any atom is -0.480 e. The number of carboxylic acids is 1. The van der Waals surface area contributed by atoms with Crippen LogP contribution in [0.5, 0.6) is 0 Å². The summed E-state index contributed by atoms with van der Waals surface area (Å²) in [5, 5.41) is 17.8. The van der Waals surface area contributed by atoms with E-state index in [-0.39, 0.29) is 0 Å². The molecule has 0 saturated carbocycles. The lowest BCUT2D eigenvalue weighted by atomic mass is 10.2. The minimum absolute atomic E-state index is 0.369. The van der Waals surface area contributed by atoms with Gasteiger partial charge in [0.25, 0.3) is 0 Å². The number of carboxylic acid groups (broad SMARTS) is 1. The Morgan fingerprint density at radius 1 is 1.71 bits per heavy atom. The van der Waals surface area contributed by atoms with Gasteiger partial charge in [-0.3, -0.25) is 9.69 Å². The van der Waals surface area contributed by atoms with Crippen LogP contribution in [0.25, 0.3) is 0 Å². The number of pyridine rings is 1. The quantitative estimate of drug-likeness (QED) is 0.839. The molecule has 1 atom stereocenters. The highest BCUT2D eigenvalue weighted by Crippen LogP contribution is 2.20. The Hall–Kier alpha value is -1.93. The highest BCUT2D eigenvalue weighted by Gasteiger charge is 2.30. The molecule has 1 aliphatic rings. The summed E-state index contributed by atoms with van der Waals surface area (Å²) in [6, 6.07) is 5.11. The van der Waals surface area contributed by atoms with Crippen molar-refractivity contribution in [1.29, 1.82) is 5.26 Å². The van der Waals surface area contributed by atoms with Crippen molar-refractivity contribution in [1.82, 2.24) is 9.88 Å². The number of hydrogen-bond acceptors (Lipinski definition) is 4. The van der Waals surface area contributed by atoms with E-state index in [9.17, 15) is 4.79 Å². The minimum atomic E-state index is -0.767. The summed E-state index contributed by atoms with van der Waals surface area (Å²) in [7, 11) is 0. The predicted molar refractivity (Wildman–Crippen MR) is 60.0 cm³/mol. The van der Waals surface area contributed by atoms with E-state index in [1.54, 1.807) is 12.3 Å². The third-order valence-electron chi connectivity index (χ3n) is 2.97. The second-order valence-electron chi connectivity index (χ2n) is 4.13. The molecule has 88 valence electrons. The molecular weight excluding hydrogens is 218 g/mol. The number of carbonyl (C=O) groups is 1. The monoisotopic (exact) mass is 231 g/mol. The van der Waals surface area contributed by atoms with Gasteiger partial charge in [0.1, 0.15) is 17.8 Å². The largest absolute Gasteiger partial charge is 0.480 e. The summed E-state index contributed by atoms with van der Waals surface area (Å²) in [5.41, 5.74) is 1.30. The van der Waals surface area contributed by atoms with E-state index in [1.165, 1.54) is 0 Å². The molecule has 1 aliphatic heterocycles. The van der Waals surface area contributed by atoms with Gasteiger partial charge >= 0.3 is 5.97 Å². The van der Waals surface area contributed by atoms with Gasteiger partial charge in [0.05, 0.1) is 0 Å². The van der Waals surface area contributed by atoms with E-state index < -0.39 is 12.0 Å². The molecule has 1 aromatic heterocycles. The Morgan fingerprint density at radius 2 is 2.53 bits per heavy atom. The highest BCUT2D eigenvalue weighted by atomic mass is 16.4. The van der Waals surface area contributed by atoms with Crippen molar-refractivity contribution < 1.29 is 9.90 Å². The molecule has 0 aromatic carbocycles. The molecule has 0 amide bonds. The van der Waals surface area contributed by atoms with Crippen molar-refractivity contribution in [2.45, 2.75) is 25.4 Å². The standard InChI is InChI=1S/C12H13N3O2/c13-7-10-6-9(3-4-14-10)8-15-5-1-2-11(15)12(16)17/h3-4,6,11H,1-2,5,8H2,(H,16,17). The number of likely N-dealkylation sites (tertiary alicyclic amines) is 1. The molecule has 1 saturated heterocycles. The Balaban J connectivity index is 2.10. The average Bonchev–Trinajstić information content (AvgIpc) is 2.77. The van der Waals surface area contributed by atoms with Gasteiger partial charge in [0.2, 0.25) is 0 Å². The van der Waals surface area contributed by atoms with Crippen LogP contribution in [0.3, 0.4) is 0 Å².